The zero-order valence-corrected chi connectivity index (χ0v) is 11.1. The molecule has 1 aromatic carbocycles. The van der Waals surface area contributed by atoms with Crippen LogP contribution >= 0.6 is 0 Å². The van der Waals surface area contributed by atoms with E-state index in [1.807, 2.05) is 0 Å². The monoisotopic (exact) mass is 296 g/mol. The SMILES string of the molecule is NC(=O)C(CCN1C(=O)c2ccccc2C1=O)S(=O)O. The maximum Gasteiger partial charge on any atom is 0.261 e. The third-order valence-corrected chi connectivity index (χ3v) is 4.01. The molecule has 0 radical (unpaired) electrons. The first-order valence-corrected chi connectivity index (χ1v) is 6.94. The lowest BCUT2D eigenvalue weighted by Crippen LogP contribution is -2.38. The van der Waals surface area contributed by atoms with Crippen molar-refractivity contribution in [3.8, 4) is 0 Å². The predicted octanol–water partition coefficient (Wildman–Crippen LogP) is -0.252. The molecular formula is C12H12N2O5S. The molecule has 0 bridgehead atoms. The van der Waals surface area contributed by atoms with Crippen molar-refractivity contribution in [1.29, 1.82) is 0 Å². The summed E-state index contributed by atoms with van der Waals surface area (Å²) in [5, 5.41) is -1.31. The molecule has 0 saturated heterocycles. The Hall–Kier alpha value is -2.06. The Bertz CT molecular complexity index is 567. The summed E-state index contributed by atoms with van der Waals surface area (Å²) in [6.07, 6.45) is -0.149. The average molecular weight is 296 g/mol. The van der Waals surface area contributed by atoms with E-state index in [4.69, 9.17) is 10.3 Å². The quantitative estimate of drug-likeness (QED) is 0.573. The molecule has 1 aliphatic rings. The molecule has 2 atom stereocenters. The van der Waals surface area contributed by atoms with E-state index in [-0.39, 0.29) is 13.0 Å². The molecule has 2 rings (SSSR count). The topological polar surface area (TPSA) is 118 Å². The van der Waals surface area contributed by atoms with E-state index in [1.165, 1.54) is 12.1 Å². The first-order chi connectivity index (χ1) is 9.43. The van der Waals surface area contributed by atoms with E-state index in [0.717, 1.165) is 4.90 Å². The van der Waals surface area contributed by atoms with Crippen molar-refractivity contribution in [3.05, 3.63) is 35.4 Å². The molecule has 1 aromatic rings. The molecule has 0 fully saturated rings. The van der Waals surface area contributed by atoms with Gasteiger partial charge < -0.3 is 10.3 Å². The third-order valence-electron chi connectivity index (χ3n) is 3.05. The molecule has 7 nitrogen and oxygen atoms in total. The van der Waals surface area contributed by atoms with Crippen molar-refractivity contribution in [1.82, 2.24) is 4.90 Å². The van der Waals surface area contributed by atoms with Crippen molar-refractivity contribution in [3.63, 3.8) is 0 Å². The first-order valence-electron chi connectivity index (χ1n) is 5.77. The number of rotatable bonds is 5. The summed E-state index contributed by atoms with van der Waals surface area (Å²) in [4.78, 5) is 36.0. The van der Waals surface area contributed by atoms with Gasteiger partial charge in [0.1, 0.15) is 5.25 Å². The summed E-state index contributed by atoms with van der Waals surface area (Å²) in [5.74, 6) is -1.89. The number of carbonyl (C=O) groups excluding carboxylic acids is 3. The smallest absolute Gasteiger partial charge is 0.261 e. The fraction of sp³-hybridized carbons (Fsp3) is 0.250. The van der Waals surface area contributed by atoms with Gasteiger partial charge in [0.25, 0.3) is 11.8 Å². The second-order valence-corrected chi connectivity index (χ2v) is 5.38. The maximum absolute atomic E-state index is 12.0. The summed E-state index contributed by atoms with van der Waals surface area (Å²) < 4.78 is 19.9. The summed E-state index contributed by atoms with van der Waals surface area (Å²) in [5.41, 5.74) is 5.58. The number of carbonyl (C=O) groups is 3. The van der Waals surface area contributed by atoms with E-state index >= 15 is 0 Å². The van der Waals surface area contributed by atoms with Gasteiger partial charge >= 0.3 is 0 Å². The Morgan fingerprint density at radius 1 is 1.25 bits per heavy atom. The van der Waals surface area contributed by atoms with Gasteiger partial charge in [-0.2, -0.15) is 0 Å². The largest absolute Gasteiger partial charge is 0.369 e. The number of hydrogen-bond acceptors (Lipinski definition) is 4. The number of nitrogens with zero attached hydrogens (tertiary/aromatic N) is 1. The molecule has 0 aliphatic carbocycles. The fourth-order valence-corrected chi connectivity index (χ4v) is 2.54. The van der Waals surface area contributed by atoms with E-state index in [9.17, 15) is 18.6 Å². The van der Waals surface area contributed by atoms with Crippen LogP contribution in [-0.4, -0.2) is 43.2 Å². The average Bonchev–Trinajstić information content (AvgIpc) is 2.63. The first kappa shape index (κ1) is 14.4. The molecular weight excluding hydrogens is 284 g/mol. The number of nitrogens with two attached hydrogens (primary N) is 1. The Morgan fingerprint density at radius 2 is 1.75 bits per heavy atom. The van der Waals surface area contributed by atoms with E-state index in [0.29, 0.717) is 11.1 Å². The number of fused-ring (bicyclic) bond motifs is 1. The number of amides is 3. The zero-order valence-electron chi connectivity index (χ0n) is 10.3. The van der Waals surface area contributed by atoms with Crippen molar-refractivity contribution < 1.29 is 23.1 Å². The summed E-state index contributed by atoms with van der Waals surface area (Å²) in [6, 6.07) is 6.35. The van der Waals surface area contributed by atoms with Crippen LogP contribution in [0.15, 0.2) is 24.3 Å². The molecule has 1 heterocycles. The van der Waals surface area contributed by atoms with Crippen molar-refractivity contribution in [2.75, 3.05) is 6.54 Å². The summed E-state index contributed by atoms with van der Waals surface area (Å²) in [6.45, 7) is -0.133. The molecule has 20 heavy (non-hydrogen) atoms. The Balaban J connectivity index is 2.13. The van der Waals surface area contributed by atoms with Gasteiger partial charge in [0, 0.05) is 6.54 Å². The Kier molecular flexibility index (Phi) is 3.96. The van der Waals surface area contributed by atoms with Crippen LogP contribution in [0.4, 0.5) is 0 Å². The highest BCUT2D eigenvalue weighted by Crippen LogP contribution is 2.22. The molecule has 3 amide bonds. The highest BCUT2D eigenvalue weighted by molar-refractivity contribution is 7.80. The van der Waals surface area contributed by atoms with Gasteiger partial charge in [-0.3, -0.25) is 19.3 Å². The van der Waals surface area contributed by atoms with Gasteiger partial charge in [0.2, 0.25) is 5.91 Å². The molecule has 106 valence electrons. The minimum Gasteiger partial charge on any atom is -0.369 e. The number of benzene rings is 1. The highest BCUT2D eigenvalue weighted by Gasteiger charge is 2.36. The molecule has 3 N–H and O–H groups in total. The van der Waals surface area contributed by atoms with Crippen molar-refractivity contribution in [2.24, 2.45) is 5.73 Å². The van der Waals surface area contributed by atoms with Crippen LogP contribution in [0.2, 0.25) is 0 Å². The van der Waals surface area contributed by atoms with Gasteiger partial charge in [0.15, 0.2) is 11.1 Å². The second-order valence-electron chi connectivity index (χ2n) is 4.26. The van der Waals surface area contributed by atoms with Gasteiger partial charge in [-0.15, -0.1) is 0 Å². The van der Waals surface area contributed by atoms with Crippen LogP contribution in [0.1, 0.15) is 27.1 Å². The van der Waals surface area contributed by atoms with Crippen molar-refractivity contribution in [2.45, 2.75) is 11.7 Å². The van der Waals surface area contributed by atoms with E-state index in [1.54, 1.807) is 12.1 Å². The summed E-state index contributed by atoms with van der Waals surface area (Å²) in [7, 11) is 0. The van der Waals surface area contributed by atoms with Crippen LogP contribution in [0.25, 0.3) is 0 Å². The lowest BCUT2D eigenvalue weighted by Gasteiger charge is -2.16. The lowest BCUT2D eigenvalue weighted by atomic mass is 10.1. The predicted molar refractivity (Wildman–Crippen MR) is 70.2 cm³/mol. The van der Waals surface area contributed by atoms with Gasteiger partial charge in [0.05, 0.1) is 11.1 Å². The van der Waals surface area contributed by atoms with Crippen LogP contribution in [0.5, 0.6) is 0 Å². The fourth-order valence-electron chi connectivity index (χ4n) is 2.03. The van der Waals surface area contributed by atoms with Gasteiger partial charge in [-0.05, 0) is 18.6 Å². The number of hydrogen-bond donors (Lipinski definition) is 2. The molecule has 1 aliphatic heterocycles. The molecule has 0 spiro atoms. The van der Waals surface area contributed by atoms with Crippen LogP contribution in [-0.2, 0) is 15.9 Å². The molecule has 0 saturated carbocycles. The normalized spacial score (nSPS) is 16.9. The standard InChI is InChI=1S/C12H12N2O5S/c13-10(15)9(20(18)19)5-6-14-11(16)7-3-1-2-4-8(7)12(14)17/h1-4,9H,5-6H2,(H2,13,15)(H,18,19). The lowest BCUT2D eigenvalue weighted by molar-refractivity contribution is -0.117. The Labute approximate surface area is 117 Å². The number of imide groups is 1. The third kappa shape index (κ3) is 2.47. The second kappa shape index (κ2) is 5.51. The van der Waals surface area contributed by atoms with Crippen molar-refractivity contribution >= 4 is 28.8 Å². The zero-order chi connectivity index (χ0) is 14.9. The van der Waals surface area contributed by atoms with Crippen LogP contribution in [0.3, 0.4) is 0 Å². The molecule has 2 unspecified atom stereocenters. The van der Waals surface area contributed by atoms with Gasteiger partial charge in [-0.25, -0.2) is 4.21 Å². The summed E-state index contributed by atoms with van der Waals surface area (Å²) >= 11 is -2.43. The van der Waals surface area contributed by atoms with Crippen LogP contribution in [0, 0.1) is 0 Å². The highest BCUT2D eigenvalue weighted by atomic mass is 32.2. The number of primary amides is 1. The molecule has 0 aromatic heterocycles. The minimum absolute atomic E-state index is 0.133. The van der Waals surface area contributed by atoms with E-state index < -0.39 is 34.1 Å². The van der Waals surface area contributed by atoms with E-state index in [2.05, 4.69) is 0 Å². The molecule has 8 heteroatoms. The van der Waals surface area contributed by atoms with Crippen LogP contribution < -0.4 is 5.73 Å². The maximum atomic E-state index is 12.0. The van der Waals surface area contributed by atoms with Gasteiger partial charge in [-0.1, -0.05) is 12.1 Å². The Morgan fingerprint density at radius 3 is 2.15 bits per heavy atom. The minimum atomic E-state index is -2.43.